The van der Waals surface area contributed by atoms with E-state index < -0.39 is 23.3 Å². The molecule has 0 heterocycles. The minimum atomic E-state index is -0.977. The molecule has 2 aromatic carbocycles. The summed E-state index contributed by atoms with van der Waals surface area (Å²) < 4.78 is 11.1. The molecule has 4 rings (SSSR count). The maximum Gasteiger partial charge on any atom is 0.309 e. The third kappa shape index (κ3) is 8.90. The summed E-state index contributed by atoms with van der Waals surface area (Å²) in [4.78, 5) is 50.8. The summed E-state index contributed by atoms with van der Waals surface area (Å²) in [5, 5.41) is 12.5. The molecule has 0 bridgehead atoms. The van der Waals surface area contributed by atoms with E-state index in [9.17, 15) is 24.3 Å². The number of hydrogen-bond acceptors (Lipinski definition) is 6. The topological polar surface area (TPSA) is 119 Å². The van der Waals surface area contributed by atoms with Crippen LogP contribution in [0.3, 0.4) is 0 Å². The van der Waals surface area contributed by atoms with Crippen LogP contribution in [0.5, 0.6) is 0 Å². The number of aliphatic carboxylic acids is 1. The number of benzene rings is 2. The molecule has 2 fully saturated rings. The molecule has 0 radical (unpaired) electrons. The van der Waals surface area contributed by atoms with Crippen LogP contribution in [0.25, 0.3) is 0 Å². The first kappa shape index (κ1) is 30.3. The first-order chi connectivity index (χ1) is 19.8. The molecule has 1 atom stereocenters. The van der Waals surface area contributed by atoms with Crippen molar-refractivity contribution in [2.45, 2.75) is 89.9 Å². The molecule has 41 heavy (non-hydrogen) atoms. The van der Waals surface area contributed by atoms with Crippen molar-refractivity contribution in [2.75, 3.05) is 0 Å². The van der Waals surface area contributed by atoms with Crippen molar-refractivity contribution in [3.8, 4) is 0 Å². The molecule has 2 N–H and O–H groups in total. The van der Waals surface area contributed by atoms with E-state index in [0.29, 0.717) is 38.5 Å². The van der Waals surface area contributed by atoms with E-state index in [0.717, 1.165) is 24.0 Å². The fraction of sp³-hybridized carbons (Fsp3) is 0.515. The first-order valence-corrected chi connectivity index (χ1v) is 14.8. The molecule has 1 amide bonds. The van der Waals surface area contributed by atoms with Gasteiger partial charge in [0.25, 0.3) is 0 Å². The molecule has 2 aliphatic carbocycles. The Kier molecular flexibility index (Phi) is 10.9. The Morgan fingerprint density at radius 3 is 1.95 bits per heavy atom. The fourth-order valence-electron chi connectivity index (χ4n) is 6.15. The average molecular weight is 564 g/mol. The second kappa shape index (κ2) is 14.8. The maximum atomic E-state index is 13.7. The lowest BCUT2D eigenvalue weighted by molar-refractivity contribution is -0.153. The monoisotopic (exact) mass is 563 g/mol. The standard InChI is InChI=1S/C33H41NO7/c35-29(36)18-15-27(31(38)41-23-25-11-5-2-6-12-25)21-33(19-7-8-20-33)32(39)34-28-16-13-26(14-17-28)30(37)40-22-24-9-3-1-4-10-24/h1-6,9-12,26-28H,7-8,13-23H2,(H,34,39)(H,35,36)/t26-,27?,28+. The van der Waals surface area contributed by atoms with E-state index in [-0.39, 0.29) is 56.3 Å². The van der Waals surface area contributed by atoms with Gasteiger partial charge < -0.3 is 19.9 Å². The molecular formula is C33H41NO7. The summed E-state index contributed by atoms with van der Waals surface area (Å²) in [5.41, 5.74) is 1.08. The zero-order valence-corrected chi connectivity index (χ0v) is 23.6. The van der Waals surface area contributed by atoms with Crippen LogP contribution in [0.15, 0.2) is 60.7 Å². The van der Waals surface area contributed by atoms with Gasteiger partial charge in [0.1, 0.15) is 13.2 Å². The van der Waals surface area contributed by atoms with Crippen molar-refractivity contribution in [3.05, 3.63) is 71.8 Å². The number of nitrogens with one attached hydrogen (secondary N) is 1. The lowest BCUT2D eigenvalue weighted by atomic mass is 9.75. The van der Waals surface area contributed by atoms with Crippen LogP contribution < -0.4 is 5.32 Å². The summed E-state index contributed by atoms with van der Waals surface area (Å²) in [6.07, 6.45) is 6.03. The highest BCUT2D eigenvalue weighted by atomic mass is 16.5. The van der Waals surface area contributed by atoms with Gasteiger partial charge in [-0.15, -0.1) is 0 Å². The quantitative estimate of drug-likeness (QED) is 0.305. The summed E-state index contributed by atoms with van der Waals surface area (Å²) in [7, 11) is 0. The van der Waals surface area contributed by atoms with Gasteiger partial charge >= 0.3 is 17.9 Å². The number of carboxylic acids is 1. The predicted octanol–water partition coefficient (Wildman–Crippen LogP) is 5.58. The van der Waals surface area contributed by atoms with Crippen LogP contribution in [-0.4, -0.2) is 35.0 Å². The zero-order chi connectivity index (χ0) is 29.1. The molecule has 0 aromatic heterocycles. The molecule has 220 valence electrons. The second-order valence-corrected chi connectivity index (χ2v) is 11.5. The van der Waals surface area contributed by atoms with Gasteiger partial charge in [0.05, 0.1) is 17.3 Å². The van der Waals surface area contributed by atoms with Gasteiger partial charge in [-0.25, -0.2) is 0 Å². The Balaban J connectivity index is 1.31. The number of carboxylic acid groups (broad SMARTS) is 1. The Hall–Kier alpha value is -3.68. The number of carbonyl (C=O) groups is 4. The largest absolute Gasteiger partial charge is 0.481 e. The third-order valence-corrected chi connectivity index (χ3v) is 8.56. The van der Waals surface area contributed by atoms with Gasteiger partial charge in [0.15, 0.2) is 0 Å². The molecule has 0 aliphatic heterocycles. The molecular weight excluding hydrogens is 522 g/mol. The molecule has 2 aromatic rings. The van der Waals surface area contributed by atoms with E-state index in [4.69, 9.17) is 9.47 Å². The number of ether oxygens (including phenoxy) is 2. The minimum Gasteiger partial charge on any atom is -0.481 e. The Labute approximate surface area is 241 Å². The van der Waals surface area contributed by atoms with Crippen molar-refractivity contribution in [3.63, 3.8) is 0 Å². The summed E-state index contributed by atoms with van der Waals surface area (Å²) in [6, 6.07) is 18.9. The van der Waals surface area contributed by atoms with Gasteiger partial charge in [-0.3, -0.25) is 19.2 Å². The lowest BCUT2D eigenvalue weighted by Crippen LogP contribution is -2.47. The highest BCUT2D eigenvalue weighted by molar-refractivity contribution is 5.84. The number of hydrogen-bond donors (Lipinski definition) is 2. The molecule has 8 heteroatoms. The van der Waals surface area contributed by atoms with Crippen molar-refractivity contribution < 1.29 is 33.8 Å². The van der Waals surface area contributed by atoms with Gasteiger partial charge in [0, 0.05) is 12.5 Å². The first-order valence-electron chi connectivity index (χ1n) is 14.8. The van der Waals surface area contributed by atoms with Gasteiger partial charge in [-0.1, -0.05) is 73.5 Å². The van der Waals surface area contributed by atoms with E-state index in [1.54, 1.807) is 0 Å². The number of esters is 2. The van der Waals surface area contributed by atoms with Crippen LogP contribution in [-0.2, 0) is 41.9 Å². The molecule has 0 saturated heterocycles. The SMILES string of the molecule is O=C(O)CCC(CC1(C(=O)N[C@H]2CC[C@@H](C(=O)OCc3ccccc3)CC2)CCCC1)C(=O)OCc1ccccc1. The van der Waals surface area contributed by atoms with Crippen LogP contribution >= 0.6 is 0 Å². The van der Waals surface area contributed by atoms with Crippen molar-refractivity contribution in [2.24, 2.45) is 17.3 Å². The highest BCUT2D eigenvalue weighted by Crippen LogP contribution is 2.45. The van der Waals surface area contributed by atoms with Gasteiger partial charge in [-0.2, -0.15) is 0 Å². The third-order valence-electron chi connectivity index (χ3n) is 8.56. The summed E-state index contributed by atoms with van der Waals surface area (Å²) in [6.45, 7) is 0.370. The number of carbonyl (C=O) groups excluding carboxylic acids is 3. The predicted molar refractivity (Wildman–Crippen MR) is 152 cm³/mol. The smallest absolute Gasteiger partial charge is 0.309 e. The van der Waals surface area contributed by atoms with E-state index in [1.807, 2.05) is 60.7 Å². The molecule has 1 unspecified atom stereocenters. The van der Waals surface area contributed by atoms with E-state index in [2.05, 4.69) is 5.32 Å². The molecule has 2 saturated carbocycles. The number of amides is 1. The van der Waals surface area contributed by atoms with Crippen molar-refractivity contribution in [1.29, 1.82) is 0 Å². The maximum absolute atomic E-state index is 13.7. The fourth-order valence-corrected chi connectivity index (χ4v) is 6.15. The van der Waals surface area contributed by atoms with E-state index in [1.165, 1.54) is 0 Å². The van der Waals surface area contributed by atoms with Gasteiger partial charge in [-0.05, 0) is 62.5 Å². The second-order valence-electron chi connectivity index (χ2n) is 11.5. The van der Waals surface area contributed by atoms with Crippen LogP contribution in [0.1, 0.15) is 81.8 Å². The molecule has 0 spiro atoms. The minimum absolute atomic E-state index is 0.0411. The van der Waals surface area contributed by atoms with Crippen LogP contribution in [0.4, 0.5) is 0 Å². The van der Waals surface area contributed by atoms with Crippen molar-refractivity contribution >= 4 is 23.8 Å². The van der Waals surface area contributed by atoms with Crippen LogP contribution in [0.2, 0.25) is 0 Å². The highest BCUT2D eigenvalue weighted by Gasteiger charge is 2.45. The Morgan fingerprint density at radius 1 is 0.829 bits per heavy atom. The Morgan fingerprint density at radius 2 is 1.39 bits per heavy atom. The summed E-state index contributed by atoms with van der Waals surface area (Å²) in [5.74, 6) is -2.54. The van der Waals surface area contributed by atoms with Gasteiger partial charge in [0.2, 0.25) is 5.91 Å². The van der Waals surface area contributed by atoms with Crippen molar-refractivity contribution in [1.82, 2.24) is 5.32 Å². The normalized spacial score (nSPS) is 20.5. The summed E-state index contributed by atoms with van der Waals surface area (Å²) >= 11 is 0. The van der Waals surface area contributed by atoms with E-state index >= 15 is 0 Å². The zero-order valence-electron chi connectivity index (χ0n) is 23.6. The number of rotatable bonds is 13. The van der Waals surface area contributed by atoms with Crippen LogP contribution in [0, 0.1) is 17.3 Å². The Bertz CT molecular complexity index is 1150. The average Bonchev–Trinajstić information content (AvgIpc) is 3.48. The lowest BCUT2D eigenvalue weighted by Gasteiger charge is -2.35. The molecule has 8 nitrogen and oxygen atoms in total. The molecule has 2 aliphatic rings.